The molecule has 0 aromatic carbocycles. The lowest BCUT2D eigenvalue weighted by molar-refractivity contribution is -0.165. The van der Waals surface area contributed by atoms with E-state index in [1.807, 2.05) is 0 Å². The van der Waals surface area contributed by atoms with Crippen LogP contribution in [0.25, 0.3) is 0 Å². The summed E-state index contributed by atoms with van der Waals surface area (Å²) >= 11 is 0. The zero-order valence-electron chi connectivity index (χ0n) is 6.41. The van der Waals surface area contributed by atoms with Crippen LogP contribution < -0.4 is 0 Å². The van der Waals surface area contributed by atoms with Crippen LogP contribution in [0.15, 0.2) is 24.2 Å². The zero-order chi connectivity index (χ0) is 9.78. The number of halogens is 4. The Labute approximate surface area is 67.3 Å². The summed E-state index contributed by atoms with van der Waals surface area (Å²) in [6.45, 7) is 2.65. The minimum atomic E-state index is -4.44. The first-order valence-corrected chi connectivity index (χ1v) is 3.05. The average Bonchev–Trinajstić information content (AvgIpc) is 1.97. The molecule has 0 unspecified atom stereocenters. The molecule has 5 heteroatoms. The van der Waals surface area contributed by atoms with Crippen LogP contribution in [-0.2, 0) is 4.74 Å². The highest BCUT2D eigenvalue weighted by Gasteiger charge is 2.28. The van der Waals surface area contributed by atoms with Crippen molar-refractivity contribution in [1.29, 1.82) is 0 Å². The van der Waals surface area contributed by atoms with Gasteiger partial charge >= 0.3 is 6.18 Å². The summed E-state index contributed by atoms with van der Waals surface area (Å²) in [7, 11) is 0. The lowest BCUT2D eigenvalue weighted by Crippen LogP contribution is -2.16. The van der Waals surface area contributed by atoms with Gasteiger partial charge in [0.1, 0.15) is 5.76 Å². The minimum Gasteiger partial charge on any atom is -0.486 e. The predicted molar refractivity (Wildman–Crippen MR) is 36.0 cm³/mol. The number of hydrogen-bond donors (Lipinski definition) is 0. The van der Waals surface area contributed by atoms with Gasteiger partial charge in [-0.2, -0.15) is 13.2 Å². The van der Waals surface area contributed by atoms with Crippen LogP contribution in [0, 0.1) is 0 Å². The molecule has 0 saturated carbocycles. The maximum Gasteiger partial charge on any atom is 0.422 e. The van der Waals surface area contributed by atoms with E-state index >= 15 is 0 Å². The molecule has 1 nitrogen and oxygen atoms in total. The molecule has 0 heterocycles. The van der Waals surface area contributed by atoms with E-state index < -0.39 is 24.4 Å². The van der Waals surface area contributed by atoms with Crippen LogP contribution in [0.4, 0.5) is 17.6 Å². The van der Waals surface area contributed by atoms with Crippen molar-refractivity contribution in [2.75, 3.05) is 6.61 Å². The largest absolute Gasteiger partial charge is 0.486 e. The molecule has 0 radical (unpaired) electrons. The summed E-state index contributed by atoms with van der Waals surface area (Å²) in [6.07, 6.45) is -3.66. The Kier molecular flexibility index (Phi) is 3.79. The lowest BCUT2D eigenvalue weighted by Gasteiger charge is -2.08. The highest BCUT2D eigenvalue weighted by atomic mass is 19.4. The van der Waals surface area contributed by atoms with Crippen molar-refractivity contribution >= 4 is 0 Å². The van der Waals surface area contributed by atoms with E-state index in [1.165, 1.54) is 0 Å². The molecule has 0 aromatic rings. The van der Waals surface area contributed by atoms with Gasteiger partial charge in [0, 0.05) is 0 Å². The van der Waals surface area contributed by atoms with Gasteiger partial charge in [0.15, 0.2) is 12.4 Å². The topological polar surface area (TPSA) is 9.23 Å². The van der Waals surface area contributed by atoms with Gasteiger partial charge in [-0.15, -0.1) is 0 Å². The molecule has 0 aliphatic rings. The number of hydrogen-bond acceptors (Lipinski definition) is 1. The van der Waals surface area contributed by atoms with Crippen LogP contribution in [0.3, 0.4) is 0 Å². The molecule has 0 fully saturated rings. The van der Waals surface area contributed by atoms with Crippen LogP contribution in [0.5, 0.6) is 0 Å². The van der Waals surface area contributed by atoms with E-state index in [-0.39, 0.29) is 0 Å². The second-order valence-electron chi connectivity index (χ2n) is 2.01. The Balaban J connectivity index is 4.03. The van der Waals surface area contributed by atoms with Gasteiger partial charge in [0.2, 0.25) is 0 Å². The summed E-state index contributed by atoms with van der Waals surface area (Å²) in [5, 5.41) is 0. The summed E-state index contributed by atoms with van der Waals surface area (Å²) in [4.78, 5) is 0. The molecule has 0 rings (SSSR count). The Morgan fingerprint density at radius 3 is 2.33 bits per heavy atom. The summed E-state index contributed by atoms with van der Waals surface area (Å²) in [6, 6.07) is 0. The normalized spacial score (nSPS) is 13.8. The fourth-order valence-corrected chi connectivity index (χ4v) is 0.403. The second-order valence-corrected chi connectivity index (χ2v) is 2.01. The first-order valence-electron chi connectivity index (χ1n) is 3.05. The minimum absolute atomic E-state index is 0.415. The molecule has 0 aromatic heterocycles. The van der Waals surface area contributed by atoms with Gasteiger partial charge in [-0.25, -0.2) is 4.39 Å². The second kappa shape index (κ2) is 4.13. The third-order valence-electron chi connectivity index (χ3n) is 0.968. The fourth-order valence-electron chi connectivity index (χ4n) is 0.403. The third kappa shape index (κ3) is 4.76. The van der Waals surface area contributed by atoms with Crippen molar-refractivity contribution in [3.05, 3.63) is 24.2 Å². The van der Waals surface area contributed by atoms with Gasteiger partial charge in [-0.3, -0.25) is 0 Å². The monoisotopic (exact) mass is 184 g/mol. The van der Waals surface area contributed by atoms with E-state index in [4.69, 9.17) is 0 Å². The molecule has 70 valence electrons. The molecule has 0 saturated heterocycles. The van der Waals surface area contributed by atoms with Crippen molar-refractivity contribution in [3.8, 4) is 0 Å². The molecule has 0 aliphatic carbocycles. The van der Waals surface area contributed by atoms with E-state index in [9.17, 15) is 17.6 Å². The maximum absolute atomic E-state index is 12.4. The van der Waals surface area contributed by atoms with Crippen molar-refractivity contribution in [2.45, 2.75) is 13.1 Å². The van der Waals surface area contributed by atoms with Crippen LogP contribution in [0.2, 0.25) is 0 Å². The number of allylic oxidation sites excluding steroid dienone is 3. The molecule has 0 atom stereocenters. The van der Waals surface area contributed by atoms with Crippen molar-refractivity contribution in [2.24, 2.45) is 0 Å². The standard InChI is InChI=1S/C7H8F4O/c1-3-6(8)5(2)12-4-7(9,10)11/h3H,1,4H2,2H3/b6-5-. The lowest BCUT2D eigenvalue weighted by atomic mass is 10.4. The van der Waals surface area contributed by atoms with Gasteiger partial charge in [0.05, 0.1) is 0 Å². The Morgan fingerprint density at radius 2 is 2.00 bits per heavy atom. The highest BCUT2D eigenvalue weighted by Crippen LogP contribution is 2.17. The number of ether oxygens (including phenoxy) is 1. The number of rotatable bonds is 3. The average molecular weight is 184 g/mol. The molecular weight excluding hydrogens is 176 g/mol. The quantitative estimate of drug-likeness (QED) is 0.372. The molecule has 0 spiro atoms. The van der Waals surface area contributed by atoms with E-state index in [0.29, 0.717) is 0 Å². The van der Waals surface area contributed by atoms with Crippen molar-refractivity contribution < 1.29 is 22.3 Å². The van der Waals surface area contributed by atoms with Gasteiger partial charge in [-0.05, 0) is 13.0 Å². The predicted octanol–water partition coefficient (Wildman–Crippen LogP) is 2.95. The van der Waals surface area contributed by atoms with Gasteiger partial charge in [0.25, 0.3) is 0 Å². The summed E-state index contributed by atoms with van der Waals surface area (Å²) in [5.41, 5.74) is 0. The third-order valence-corrected chi connectivity index (χ3v) is 0.968. The first-order chi connectivity index (χ1) is 5.37. The maximum atomic E-state index is 12.4. The summed E-state index contributed by atoms with van der Waals surface area (Å²) in [5.74, 6) is -1.30. The van der Waals surface area contributed by atoms with E-state index in [2.05, 4.69) is 11.3 Å². The van der Waals surface area contributed by atoms with Crippen molar-refractivity contribution in [3.63, 3.8) is 0 Å². The highest BCUT2D eigenvalue weighted by molar-refractivity contribution is 5.10. The Hall–Kier alpha value is -1.00. The Morgan fingerprint density at radius 1 is 1.50 bits per heavy atom. The number of alkyl halides is 3. The fraction of sp³-hybridized carbons (Fsp3) is 0.429. The SMILES string of the molecule is C=C/C(F)=C(\C)OCC(F)(F)F. The smallest absolute Gasteiger partial charge is 0.422 e. The molecule has 0 amide bonds. The Bertz CT molecular complexity index is 192. The molecule has 12 heavy (non-hydrogen) atoms. The van der Waals surface area contributed by atoms with E-state index in [1.54, 1.807) is 0 Å². The van der Waals surface area contributed by atoms with Gasteiger partial charge in [-0.1, -0.05) is 6.58 Å². The van der Waals surface area contributed by atoms with Crippen LogP contribution in [-0.4, -0.2) is 12.8 Å². The zero-order valence-corrected chi connectivity index (χ0v) is 6.41. The van der Waals surface area contributed by atoms with E-state index in [0.717, 1.165) is 13.0 Å². The van der Waals surface area contributed by atoms with Gasteiger partial charge < -0.3 is 4.74 Å². The van der Waals surface area contributed by atoms with Crippen molar-refractivity contribution in [1.82, 2.24) is 0 Å². The molecular formula is C7H8F4O. The molecule has 0 bridgehead atoms. The molecule has 0 aliphatic heterocycles. The summed E-state index contributed by atoms with van der Waals surface area (Å²) < 4.78 is 50.9. The van der Waals surface area contributed by atoms with Crippen LogP contribution >= 0.6 is 0 Å². The first kappa shape index (κ1) is 11.0. The molecule has 0 N–H and O–H groups in total. The van der Waals surface area contributed by atoms with Crippen LogP contribution in [0.1, 0.15) is 6.92 Å².